The Labute approximate surface area is 165 Å². The zero-order valence-corrected chi connectivity index (χ0v) is 16.8. The zero-order chi connectivity index (χ0) is 20.9. The van der Waals surface area contributed by atoms with E-state index in [4.69, 9.17) is 0 Å². The van der Waals surface area contributed by atoms with Gasteiger partial charge in [0.05, 0.1) is 6.54 Å². The van der Waals surface area contributed by atoms with Gasteiger partial charge in [-0.15, -0.1) is 0 Å². The lowest BCUT2D eigenvalue weighted by molar-refractivity contribution is -0.140. The average molecular weight is 388 g/mol. The predicted octanol–water partition coefficient (Wildman–Crippen LogP) is 1.22. The summed E-state index contributed by atoms with van der Waals surface area (Å²) in [6.07, 6.45) is 0.362. The van der Waals surface area contributed by atoms with Gasteiger partial charge in [-0.2, -0.15) is 0 Å². The summed E-state index contributed by atoms with van der Waals surface area (Å²) in [6.45, 7) is 6.99. The van der Waals surface area contributed by atoms with E-state index >= 15 is 0 Å². The number of hydrogen-bond donors (Lipinski definition) is 2. The Morgan fingerprint density at radius 3 is 2.36 bits per heavy atom. The van der Waals surface area contributed by atoms with Crippen molar-refractivity contribution in [2.75, 3.05) is 19.6 Å². The quantitative estimate of drug-likeness (QED) is 0.654. The van der Waals surface area contributed by atoms with Gasteiger partial charge in [0.1, 0.15) is 12.1 Å². The molecule has 5 amide bonds. The second-order valence-electron chi connectivity index (χ2n) is 7.08. The van der Waals surface area contributed by atoms with Crippen molar-refractivity contribution < 1.29 is 19.2 Å². The number of benzene rings is 1. The number of amides is 5. The van der Waals surface area contributed by atoms with Crippen LogP contribution in [0, 0.1) is 0 Å². The fraction of sp³-hybridized carbons (Fsp3) is 0.500. The van der Waals surface area contributed by atoms with Crippen molar-refractivity contribution in [3.05, 3.63) is 35.9 Å². The van der Waals surface area contributed by atoms with Crippen molar-refractivity contribution in [1.29, 1.82) is 0 Å². The topological polar surface area (TPSA) is 98.8 Å². The van der Waals surface area contributed by atoms with Crippen LogP contribution in [0.3, 0.4) is 0 Å². The largest absolute Gasteiger partial charge is 0.352 e. The highest BCUT2D eigenvalue weighted by atomic mass is 16.2. The molecule has 8 heteroatoms. The predicted molar refractivity (Wildman–Crippen MR) is 104 cm³/mol. The molecular formula is C20H28N4O4. The normalized spacial score (nSPS) is 19.0. The SMILES string of the molecule is CCN(CC(=O)NC(C)C)C(=O)CN1C(=O)N[C@@](CC)(c2ccccc2)C1=O. The minimum absolute atomic E-state index is 0.0386. The van der Waals surface area contributed by atoms with Crippen LogP contribution < -0.4 is 10.6 Å². The molecule has 1 aromatic carbocycles. The smallest absolute Gasteiger partial charge is 0.325 e. The summed E-state index contributed by atoms with van der Waals surface area (Å²) >= 11 is 0. The van der Waals surface area contributed by atoms with E-state index in [1.54, 1.807) is 31.2 Å². The van der Waals surface area contributed by atoms with Gasteiger partial charge in [0.15, 0.2) is 0 Å². The number of nitrogens with one attached hydrogen (secondary N) is 2. The van der Waals surface area contributed by atoms with Crippen LogP contribution in [-0.2, 0) is 19.9 Å². The van der Waals surface area contributed by atoms with Crippen LogP contribution in [0.5, 0.6) is 0 Å². The minimum Gasteiger partial charge on any atom is -0.352 e. The van der Waals surface area contributed by atoms with Gasteiger partial charge in [-0.05, 0) is 32.8 Å². The van der Waals surface area contributed by atoms with Crippen LogP contribution in [-0.4, -0.2) is 59.2 Å². The Balaban J connectivity index is 2.15. The number of rotatable bonds is 8. The van der Waals surface area contributed by atoms with Crippen LogP contribution in [0.15, 0.2) is 30.3 Å². The van der Waals surface area contributed by atoms with Crippen molar-refractivity contribution in [3.63, 3.8) is 0 Å². The maximum Gasteiger partial charge on any atom is 0.325 e. The first-order valence-electron chi connectivity index (χ1n) is 9.51. The molecule has 0 spiro atoms. The highest BCUT2D eigenvalue weighted by Gasteiger charge is 2.51. The lowest BCUT2D eigenvalue weighted by Crippen LogP contribution is -2.48. The monoisotopic (exact) mass is 388 g/mol. The molecule has 1 heterocycles. The van der Waals surface area contributed by atoms with Crippen molar-refractivity contribution in [3.8, 4) is 0 Å². The Kier molecular flexibility index (Phi) is 6.77. The van der Waals surface area contributed by atoms with Gasteiger partial charge in [-0.3, -0.25) is 19.3 Å². The lowest BCUT2D eigenvalue weighted by Gasteiger charge is -2.26. The fourth-order valence-electron chi connectivity index (χ4n) is 3.28. The van der Waals surface area contributed by atoms with Crippen molar-refractivity contribution >= 4 is 23.8 Å². The zero-order valence-electron chi connectivity index (χ0n) is 16.8. The summed E-state index contributed by atoms with van der Waals surface area (Å²) in [5.41, 5.74) is -0.500. The third kappa shape index (κ3) is 4.32. The maximum absolute atomic E-state index is 13.1. The van der Waals surface area contributed by atoms with E-state index in [0.29, 0.717) is 18.5 Å². The minimum atomic E-state index is -1.18. The molecule has 1 fully saturated rings. The fourth-order valence-corrected chi connectivity index (χ4v) is 3.28. The average Bonchev–Trinajstić information content (AvgIpc) is 2.91. The van der Waals surface area contributed by atoms with E-state index in [1.807, 2.05) is 26.8 Å². The van der Waals surface area contributed by atoms with E-state index in [1.165, 1.54) is 4.90 Å². The number of imide groups is 1. The van der Waals surface area contributed by atoms with Crippen LogP contribution in [0.2, 0.25) is 0 Å². The highest BCUT2D eigenvalue weighted by molar-refractivity contribution is 6.09. The van der Waals surface area contributed by atoms with E-state index in [9.17, 15) is 19.2 Å². The number of urea groups is 1. The molecule has 1 aliphatic rings. The van der Waals surface area contributed by atoms with Gasteiger partial charge in [0.25, 0.3) is 5.91 Å². The van der Waals surface area contributed by atoms with Gasteiger partial charge in [-0.25, -0.2) is 4.79 Å². The standard InChI is InChI=1S/C20H28N4O4/c1-5-20(15-10-8-7-9-11-15)18(27)24(19(28)22-20)13-17(26)23(6-2)12-16(25)21-14(3)4/h7-11,14H,5-6,12-13H2,1-4H3,(H,21,25)(H,22,28)/t20-/m0/s1. The van der Waals surface area contributed by atoms with Gasteiger partial charge < -0.3 is 15.5 Å². The summed E-state index contributed by atoms with van der Waals surface area (Å²) in [7, 11) is 0. The van der Waals surface area contributed by atoms with E-state index in [2.05, 4.69) is 10.6 Å². The Morgan fingerprint density at radius 1 is 1.18 bits per heavy atom. The molecule has 2 N–H and O–H groups in total. The molecule has 0 aromatic heterocycles. The van der Waals surface area contributed by atoms with Gasteiger partial charge in [0, 0.05) is 12.6 Å². The summed E-state index contributed by atoms with van der Waals surface area (Å²) in [4.78, 5) is 52.4. The second-order valence-corrected chi connectivity index (χ2v) is 7.08. The molecule has 1 aliphatic heterocycles. The molecule has 0 aliphatic carbocycles. The summed E-state index contributed by atoms with van der Waals surface area (Å²) in [5, 5.41) is 5.47. The summed E-state index contributed by atoms with van der Waals surface area (Å²) < 4.78 is 0. The number of hydrogen-bond acceptors (Lipinski definition) is 4. The molecule has 1 atom stereocenters. The number of carbonyl (C=O) groups excluding carboxylic acids is 4. The highest BCUT2D eigenvalue weighted by Crippen LogP contribution is 2.32. The van der Waals surface area contributed by atoms with Crippen LogP contribution in [0.1, 0.15) is 39.7 Å². The van der Waals surface area contributed by atoms with Crippen molar-refractivity contribution in [2.24, 2.45) is 0 Å². The van der Waals surface area contributed by atoms with Gasteiger partial charge in [0.2, 0.25) is 11.8 Å². The Hall–Kier alpha value is -2.90. The van der Waals surface area contributed by atoms with Gasteiger partial charge >= 0.3 is 6.03 Å². The molecular weight excluding hydrogens is 360 g/mol. The number of carbonyl (C=O) groups is 4. The van der Waals surface area contributed by atoms with E-state index < -0.39 is 29.9 Å². The Bertz CT molecular complexity index is 750. The molecule has 0 saturated carbocycles. The van der Waals surface area contributed by atoms with E-state index in [0.717, 1.165) is 4.90 Å². The molecule has 152 valence electrons. The molecule has 0 radical (unpaired) electrons. The molecule has 0 unspecified atom stereocenters. The van der Waals surface area contributed by atoms with Crippen molar-refractivity contribution in [1.82, 2.24) is 20.4 Å². The third-order valence-electron chi connectivity index (χ3n) is 4.78. The summed E-state index contributed by atoms with van der Waals surface area (Å²) in [6, 6.07) is 8.34. The first-order valence-corrected chi connectivity index (χ1v) is 9.51. The van der Waals surface area contributed by atoms with Gasteiger partial charge in [-0.1, -0.05) is 37.3 Å². The molecule has 8 nitrogen and oxygen atoms in total. The molecule has 2 rings (SSSR count). The molecule has 1 aromatic rings. The second kappa shape index (κ2) is 8.86. The van der Waals surface area contributed by atoms with Crippen LogP contribution in [0.4, 0.5) is 4.79 Å². The third-order valence-corrected chi connectivity index (χ3v) is 4.78. The van der Waals surface area contributed by atoms with Crippen LogP contribution >= 0.6 is 0 Å². The van der Waals surface area contributed by atoms with Crippen molar-refractivity contribution in [2.45, 2.75) is 45.7 Å². The number of likely N-dealkylation sites (N-methyl/N-ethyl adjacent to an activating group) is 1. The number of nitrogens with zero attached hydrogens (tertiary/aromatic N) is 2. The van der Waals surface area contributed by atoms with Crippen LogP contribution in [0.25, 0.3) is 0 Å². The molecule has 0 bridgehead atoms. The maximum atomic E-state index is 13.1. The lowest BCUT2D eigenvalue weighted by atomic mass is 9.87. The summed E-state index contributed by atoms with van der Waals surface area (Å²) in [5.74, 6) is -1.19. The Morgan fingerprint density at radius 2 is 1.82 bits per heavy atom. The first kappa shape index (κ1) is 21.4. The molecule has 28 heavy (non-hydrogen) atoms. The first-order chi connectivity index (χ1) is 13.2. The molecule has 1 saturated heterocycles. The van der Waals surface area contributed by atoms with E-state index in [-0.39, 0.29) is 18.5 Å².